The van der Waals surface area contributed by atoms with Gasteiger partial charge in [0.2, 0.25) is 0 Å². The molecule has 2 aromatic rings. The Bertz CT molecular complexity index is 648. The summed E-state index contributed by atoms with van der Waals surface area (Å²) in [4.78, 5) is 11.5. The van der Waals surface area contributed by atoms with Gasteiger partial charge in [-0.2, -0.15) is 0 Å². The third-order valence-corrected chi connectivity index (χ3v) is 6.12. The van der Waals surface area contributed by atoms with Crippen LogP contribution in [0.3, 0.4) is 0 Å². The van der Waals surface area contributed by atoms with Gasteiger partial charge in [-0.1, -0.05) is 19.9 Å². The molecule has 24 heavy (non-hydrogen) atoms. The molecule has 2 N–H and O–H groups in total. The first-order chi connectivity index (χ1) is 10.9. The molecule has 2 heterocycles. The summed E-state index contributed by atoms with van der Waals surface area (Å²) in [6, 6.07) is 4.30. The quantitative estimate of drug-likeness (QED) is 0.373. The number of halogens is 1. The van der Waals surface area contributed by atoms with Crippen molar-refractivity contribution in [3.05, 3.63) is 38.0 Å². The van der Waals surface area contributed by atoms with Crippen molar-refractivity contribution in [3.63, 3.8) is 0 Å². The van der Waals surface area contributed by atoms with E-state index in [4.69, 9.17) is 0 Å². The van der Waals surface area contributed by atoms with E-state index in [1.165, 1.54) is 9.75 Å². The standard InChI is InChI=1S/C17H26N4S2.HI/c1-12-14(23-13(2)21-12)8-9-19-16(18-5)20-11-17(3,4)15-7-6-10-22-15;/h6-7,10H,8-9,11H2,1-5H3,(H2,18,19,20);1H. The maximum Gasteiger partial charge on any atom is 0.191 e. The van der Waals surface area contributed by atoms with Crippen molar-refractivity contribution in [2.24, 2.45) is 4.99 Å². The zero-order chi connectivity index (χ0) is 16.9. The average Bonchev–Trinajstić information content (AvgIpc) is 3.13. The lowest BCUT2D eigenvalue weighted by molar-refractivity contribution is 0.518. The maximum atomic E-state index is 4.47. The van der Waals surface area contributed by atoms with Gasteiger partial charge in [-0.25, -0.2) is 4.98 Å². The molecule has 2 aromatic heterocycles. The molecule has 0 unspecified atom stereocenters. The average molecular weight is 478 g/mol. The molecule has 4 nitrogen and oxygen atoms in total. The fourth-order valence-corrected chi connectivity index (χ4v) is 4.16. The Morgan fingerprint density at radius 3 is 2.58 bits per heavy atom. The van der Waals surface area contributed by atoms with Crippen molar-refractivity contribution in [3.8, 4) is 0 Å². The monoisotopic (exact) mass is 478 g/mol. The van der Waals surface area contributed by atoms with Crippen molar-refractivity contribution in [1.29, 1.82) is 0 Å². The van der Waals surface area contributed by atoms with Crippen LogP contribution in [0, 0.1) is 13.8 Å². The Labute approximate surface area is 170 Å². The molecule has 0 saturated carbocycles. The molecule has 0 saturated heterocycles. The Balaban J connectivity index is 0.00000288. The third kappa shape index (κ3) is 6.00. The Hall–Kier alpha value is -0.670. The fourth-order valence-electron chi connectivity index (χ4n) is 2.38. The molecule has 0 atom stereocenters. The molecule has 0 aliphatic heterocycles. The number of nitrogens with one attached hydrogen (secondary N) is 2. The first kappa shape index (κ1) is 21.4. The largest absolute Gasteiger partial charge is 0.356 e. The molecule has 0 fully saturated rings. The molecule has 0 radical (unpaired) electrons. The Morgan fingerprint density at radius 2 is 2.04 bits per heavy atom. The molecule has 0 aliphatic carbocycles. The summed E-state index contributed by atoms with van der Waals surface area (Å²) in [6.45, 7) is 10.4. The first-order valence-corrected chi connectivity index (χ1v) is 9.53. The van der Waals surface area contributed by atoms with Gasteiger partial charge in [0, 0.05) is 41.7 Å². The fraction of sp³-hybridized carbons (Fsp3) is 0.529. The second-order valence-electron chi connectivity index (χ2n) is 6.21. The summed E-state index contributed by atoms with van der Waals surface area (Å²) in [5.41, 5.74) is 1.24. The van der Waals surface area contributed by atoms with E-state index < -0.39 is 0 Å². The highest BCUT2D eigenvalue weighted by Gasteiger charge is 2.21. The van der Waals surface area contributed by atoms with Crippen LogP contribution in [0.25, 0.3) is 0 Å². The molecule has 0 amide bonds. The lowest BCUT2D eigenvalue weighted by Crippen LogP contribution is -2.43. The topological polar surface area (TPSA) is 49.3 Å². The van der Waals surface area contributed by atoms with Gasteiger partial charge in [-0.05, 0) is 25.3 Å². The van der Waals surface area contributed by atoms with Crippen LogP contribution < -0.4 is 10.6 Å². The highest BCUT2D eigenvalue weighted by molar-refractivity contribution is 14.0. The molecule has 0 spiro atoms. The van der Waals surface area contributed by atoms with Gasteiger partial charge in [0.25, 0.3) is 0 Å². The zero-order valence-electron chi connectivity index (χ0n) is 15.0. The molecule has 0 aromatic carbocycles. The van der Waals surface area contributed by atoms with Gasteiger partial charge < -0.3 is 10.6 Å². The van der Waals surface area contributed by atoms with Gasteiger partial charge in [-0.3, -0.25) is 4.99 Å². The second-order valence-corrected chi connectivity index (χ2v) is 8.44. The molecular formula is C17H27IN4S2. The number of hydrogen-bond acceptors (Lipinski definition) is 4. The van der Waals surface area contributed by atoms with Gasteiger partial charge >= 0.3 is 0 Å². The lowest BCUT2D eigenvalue weighted by Gasteiger charge is -2.25. The van der Waals surface area contributed by atoms with Crippen molar-refractivity contribution in [2.45, 2.75) is 39.5 Å². The van der Waals surface area contributed by atoms with Crippen LogP contribution in [-0.2, 0) is 11.8 Å². The van der Waals surface area contributed by atoms with Crippen LogP contribution in [0.5, 0.6) is 0 Å². The Kier molecular flexibility index (Phi) is 8.66. The van der Waals surface area contributed by atoms with Crippen molar-refractivity contribution < 1.29 is 0 Å². The number of rotatable bonds is 6. The third-order valence-electron chi connectivity index (χ3n) is 3.75. The number of thiazole rings is 1. The number of thiophene rings is 1. The van der Waals surface area contributed by atoms with E-state index >= 15 is 0 Å². The van der Waals surface area contributed by atoms with Gasteiger partial charge in [0.05, 0.1) is 10.7 Å². The van der Waals surface area contributed by atoms with Crippen molar-refractivity contribution in [2.75, 3.05) is 20.1 Å². The molecule has 2 rings (SSSR count). The molecule has 134 valence electrons. The molecule has 0 aliphatic rings. The van der Waals surface area contributed by atoms with E-state index in [0.717, 1.165) is 36.2 Å². The van der Waals surface area contributed by atoms with E-state index in [2.05, 4.69) is 65.8 Å². The molecule has 0 bridgehead atoms. The maximum absolute atomic E-state index is 4.47. The number of aryl methyl sites for hydroxylation is 2. The van der Waals surface area contributed by atoms with Gasteiger partial charge in [0.1, 0.15) is 0 Å². The number of nitrogens with zero attached hydrogens (tertiary/aromatic N) is 2. The van der Waals surface area contributed by atoms with E-state index in [1.54, 1.807) is 22.7 Å². The number of hydrogen-bond donors (Lipinski definition) is 2. The zero-order valence-corrected chi connectivity index (χ0v) is 18.9. The summed E-state index contributed by atoms with van der Waals surface area (Å²) in [6.07, 6.45) is 0.979. The minimum Gasteiger partial charge on any atom is -0.356 e. The van der Waals surface area contributed by atoms with E-state index in [1.807, 2.05) is 7.05 Å². The minimum atomic E-state index is 0. The highest BCUT2D eigenvalue weighted by atomic mass is 127. The normalized spacial score (nSPS) is 12.0. The predicted molar refractivity (Wildman–Crippen MR) is 117 cm³/mol. The minimum absolute atomic E-state index is 0. The molecular weight excluding hydrogens is 451 g/mol. The lowest BCUT2D eigenvalue weighted by atomic mass is 9.91. The predicted octanol–water partition coefficient (Wildman–Crippen LogP) is 4.12. The summed E-state index contributed by atoms with van der Waals surface area (Å²) in [5, 5.41) is 10.1. The SMILES string of the molecule is CN=C(NCCc1sc(C)nc1C)NCC(C)(C)c1cccs1.I. The number of aliphatic imine (C=N–C) groups is 1. The van der Waals surface area contributed by atoms with Crippen LogP contribution >= 0.6 is 46.7 Å². The van der Waals surface area contributed by atoms with Crippen LogP contribution in [0.15, 0.2) is 22.5 Å². The summed E-state index contributed by atoms with van der Waals surface area (Å²) in [5.74, 6) is 0.855. The summed E-state index contributed by atoms with van der Waals surface area (Å²) < 4.78 is 0. The van der Waals surface area contributed by atoms with Gasteiger partial charge in [-0.15, -0.1) is 46.7 Å². The van der Waals surface area contributed by atoms with E-state index in [0.29, 0.717) is 0 Å². The molecule has 7 heteroatoms. The highest BCUT2D eigenvalue weighted by Crippen LogP contribution is 2.26. The smallest absolute Gasteiger partial charge is 0.191 e. The van der Waals surface area contributed by atoms with Crippen LogP contribution in [0.1, 0.15) is 34.3 Å². The number of guanidine groups is 1. The first-order valence-electron chi connectivity index (χ1n) is 7.84. The van der Waals surface area contributed by atoms with Crippen molar-refractivity contribution >= 4 is 52.6 Å². The number of aromatic nitrogens is 1. The Morgan fingerprint density at radius 1 is 1.29 bits per heavy atom. The van der Waals surface area contributed by atoms with Gasteiger partial charge in [0.15, 0.2) is 5.96 Å². The second kappa shape index (κ2) is 9.72. The van der Waals surface area contributed by atoms with E-state index in [9.17, 15) is 0 Å². The summed E-state index contributed by atoms with van der Waals surface area (Å²) in [7, 11) is 1.82. The van der Waals surface area contributed by atoms with Crippen molar-refractivity contribution in [1.82, 2.24) is 15.6 Å². The van der Waals surface area contributed by atoms with Crippen LogP contribution in [-0.4, -0.2) is 31.1 Å². The van der Waals surface area contributed by atoms with Crippen LogP contribution in [0.2, 0.25) is 0 Å². The summed E-state index contributed by atoms with van der Waals surface area (Å²) >= 11 is 3.58. The van der Waals surface area contributed by atoms with E-state index in [-0.39, 0.29) is 29.4 Å². The van der Waals surface area contributed by atoms with Crippen LogP contribution in [0.4, 0.5) is 0 Å².